The van der Waals surface area contributed by atoms with Crippen LogP contribution in [0.4, 0.5) is 11.4 Å². The third kappa shape index (κ3) is 3.61. The van der Waals surface area contributed by atoms with E-state index in [0.29, 0.717) is 37.8 Å². The molecule has 2 heterocycles. The van der Waals surface area contributed by atoms with Crippen LogP contribution in [0.25, 0.3) is 0 Å². The van der Waals surface area contributed by atoms with Crippen molar-refractivity contribution in [1.82, 2.24) is 10.5 Å². The molecule has 0 spiro atoms. The Labute approximate surface area is 143 Å². The number of anilines is 1. The smallest absolute Gasteiger partial charge is 0.293 e. The summed E-state index contributed by atoms with van der Waals surface area (Å²) in [6, 6.07) is 4.51. The van der Waals surface area contributed by atoms with Gasteiger partial charge >= 0.3 is 0 Å². The molecule has 1 aliphatic rings. The second-order valence-electron chi connectivity index (χ2n) is 5.62. The van der Waals surface area contributed by atoms with Gasteiger partial charge in [0.05, 0.1) is 29.9 Å². The SMILES string of the molecule is Cc1oncc1CNC(=O)c1cccc([N+](=O)[O-])c1N1CCOCC1. The predicted octanol–water partition coefficient (Wildman–Crippen LogP) is 1.66. The second kappa shape index (κ2) is 7.31. The van der Waals surface area contributed by atoms with Gasteiger partial charge in [-0.05, 0) is 13.0 Å². The largest absolute Gasteiger partial charge is 0.378 e. The van der Waals surface area contributed by atoms with Crippen LogP contribution in [-0.2, 0) is 11.3 Å². The first-order valence-electron chi connectivity index (χ1n) is 7.86. The van der Waals surface area contributed by atoms with Crippen molar-refractivity contribution in [3.05, 3.63) is 51.4 Å². The molecular weight excluding hydrogens is 328 g/mol. The molecule has 0 atom stereocenters. The van der Waals surface area contributed by atoms with E-state index in [0.717, 1.165) is 5.56 Å². The Balaban J connectivity index is 1.88. The molecule has 0 aliphatic carbocycles. The van der Waals surface area contributed by atoms with Crippen molar-refractivity contribution < 1.29 is 19.0 Å². The Kier molecular flexibility index (Phi) is 4.94. The number of ether oxygens (including phenoxy) is 1. The van der Waals surface area contributed by atoms with Gasteiger partial charge in [0.2, 0.25) is 0 Å². The lowest BCUT2D eigenvalue weighted by molar-refractivity contribution is -0.384. The first-order chi connectivity index (χ1) is 12.1. The molecule has 0 saturated carbocycles. The normalized spacial score (nSPS) is 14.4. The molecule has 1 N–H and O–H groups in total. The minimum Gasteiger partial charge on any atom is -0.378 e. The molecule has 9 heteroatoms. The fourth-order valence-corrected chi connectivity index (χ4v) is 2.74. The number of carbonyl (C=O) groups excluding carboxylic acids is 1. The topological polar surface area (TPSA) is 111 Å². The van der Waals surface area contributed by atoms with E-state index >= 15 is 0 Å². The van der Waals surface area contributed by atoms with Crippen molar-refractivity contribution in [2.45, 2.75) is 13.5 Å². The van der Waals surface area contributed by atoms with E-state index in [1.807, 2.05) is 4.90 Å². The van der Waals surface area contributed by atoms with Gasteiger partial charge in [-0.25, -0.2) is 0 Å². The molecule has 1 aromatic heterocycles. The number of nitrogens with one attached hydrogen (secondary N) is 1. The molecule has 1 aromatic carbocycles. The number of amides is 1. The van der Waals surface area contributed by atoms with Crippen LogP contribution in [0.3, 0.4) is 0 Å². The Bertz CT molecular complexity index is 783. The first kappa shape index (κ1) is 16.9. The fourth-order valence-electron chi connectivity index (χ4n) is 2.74. The van der Waals surface area contributed by atoms with Gasteiger partial charge in [0.1, 0.15) is 11.4 Å². The number of morpholine rings is 1. The number of carbonyl (C=O) groups is 1. The maximum absolute atomic E-state index is 12.6. The second-order valence-corrected chi connectivity index (χ2v) is 5.62. The highest BCUT2D eigenvalue weighted by molar-refractivity contribution is 6.02. The summed E-state index contributed by atoms with van der Waals surface area (Å²) >= 11 is 0. The number of rotatable bonds is 5. The third-order valence-corrected chi connectivity index (χ3v) is 4.07. The van der Waals surface area contributed by atoms with Crippen LogP contribution in [0, 0.1) is 17.0 Å². The van der Waals surface area contributed by atoms with Gasteiger partial charge in [-0.1, -0.05) is 11.2 Å². The number of nitrogens with zero attached hydrogens (tertiary/aromatic N) is 3. The minimum absolute atomic E-state index is 0.0873. The summed E-state index contributed by atoms with van der Waals surface area (Å²) in [5.41, 5.74) is 1.27. The Morgan fingerprint density at radius 2 is 2.16 bits per heavy atom. The van der Waals surface area contributed by atoms with Crippen molar-refractivity contribution in [2.24, 2.45) is 0 Å². The van der Waals surface area contributed by atoms with Gasteiger partial charge in [0.15, 0.2) is 0 Å². The summed E-state index contributed by atoms with van der Waals surface area (Å²) in [6.45, 7) is 3.91. The van der Waals surface area contributed by atoms with Gasteiger partial charge in [-0.3, -0.25) is 14.9 Å². The van der Waals surface area contributed by atoms with Crippen molar-refractivity contribution in [1.29, 1.82) is 0 Å². The molecule has 0 bridgehead atoms. The summed E-state index contributed by atoms with van der Waals surface area (Å²) in [5.74, 6) is 0.235. The zero-order valence-corrected chi connectivity index (χ0v) is 13.7. The van der Waals surface area contributed by atoms with E-state index in [1.54, 1.807) is 13.0 Å². The third-order valence-electron chi connectivity index (χ3n) is 4.07. The van der Waals surface area contributed by atoms with Gasteiger partial charge in [0, 0.05) is 31.3 Å². The molecule has 1 aliphatic heterocycles. The molecule has 1 fully saturated rings. The monoisotopic (exact) mass is 346 g/mol. The van der Waals surface area contributed by atoms with E-state index < -0.39 is 4.92 Å². The van der Waals surface area contributed by atoms with Crippen molar-refractivity contribution in [2.75, 3.05) is 31.2 Å². The number of benzene rings is 1. The molecular formula is C16H18N4O5. The highest BCUT2D eigenvalue weighted by atomic mass is 16.6. The summed E-state index contributed by atoms with van der Waals surface area (Å²) in [6.07, 6.45) is 1.53. The van der Waals surface area contributed by atoms with Crippen LogP contribution in [0.1, 0.15) is 21.7 Å². The highest BCUT2D eigenvalue weighted by Gasteiger charge is 2.27. The Morgan fingerprint density at radius 3 is 2.80 bits per heavy atom. The molecule has 25 heavy (non-hydrogen) atoms. The van der Waals surface area contributed by atoms with Crippen LogP contribution < -0.4 is 10.2 Å². The molecule has 3 rings (SSSR count). The lowest BCUT2D eigenvalue weighted by atomic mass is 10.1. The Hall–Kier alpha value is -2.94. The number of hydrogen-bond acceptors (Lipinski definition) is 7. The number of aryl methyl sites for hydroxylation is 1. The van der Waals surface area contributed by atoms with E-state index in [2.05, 4.69) is 10.5 Å². The molecule has 0 unspecified atom stereocenters. The van der Waals surface area contributed by atoms with Gasteiger partial charge < -0.3 is 19.5 Å². The van der Waals surface area contributed by atoms with Gasteiger partial charge in [-0.15, -0.1) is 0 Å². The van der Waals surface area contributed by atoms with Crippen LogP contribution >= 0.6 is 0 Å². The molecule has 2 aromatic rings. The fraction of sp³-hybridized carbons (Fsp3) is 0.375. The highest BCUT2D eigenvalue weighted by Crippen LogP contribution is 2.32. The van der Waals surface area contributed by atoms with Crippen LogP contribution in [-0.4, -0.2) is 42.3 Å². The quantitative estimate of drug-likeness (QED) is 0.647. The molecule has 1 amide bonds. The summed E-state index contributed by atoms with van der Waals surface area (Å²) in [4.78, 5) is 25.4. The van der Waals surface area contributed by atoms with Gasteiger partial charge in [-0.2, -0.15) is 0 Å². The van der Waals surface area contributed by atoms with Crippen LogP contribution in [0.15, 0.2) is 28.9 Å². The summed E-state index contributed by atoms with van der Waals surface area (Å²) in [7, 11) is 0. The molecule has 132 valence electrons. The predicted molar refractivity (Wildman–Crippen MR) is 88.5 cm³/mol. The zero-order valence-electron chi connectivity index (χ0n) is 13.7. The number of para-hydroxylation sites is 1. The van der Waals surface area contributed by atoms with Gasteiger partial charge in [0.25, 0.3) is 11.6 Å². The summed E-state index contributed by atoms with van der Waals surface area (Å²) in [5, 5.41) is 17.9. The average Bonchev–Trinajstić information content (AvgIpc) is 3.04. The van der Waals surface area contributed by atoms with Crippen molar-refractivity contribution in [3.63, 3.8) is 0 Å². The molecule has 9 nitrogen and oxygen atoms in total. The molecule has 0 radical (unpaired) electrons. The van der Waals surface area contributed by atoms with Crippen molar-refractivity contribution in [3.8, 4) is 0 Å². The average molecular weight is 346 g/mol. The van der Waals surface area contributed by atoms with E-state index in [4.69, 9.17) is 9.26 Å². The molecule has 1 saturated heterocycles. The number of nitro benzene ring substituents is 1. The first-order valence-corrected chi connectivity index (χ1v) is 7.86. The van der Waals surface area contributed by atoms with E-state index in [-0.39, 0.29) is 23.7 Å². The standard InChI is InChI=1S/C16H18N4O5/c1-11-12(10-18-25-11)9-17-16(21)13-3-2-4-14(20(22)23)15(13)19-5-7-24-8-6-19/h2-4,10H,5-9H2,1H3,(H,17,21). The number of aromatic nitrogens is 1. The maximum Gasteiger partial charge on any atom is 0.293 e. The maximum atomic E-state index is 12.6. The minimum atomic E-state index is -0.467. The lowest BCUT2D eigenvalue weighted by Gasteiger charge is -2.29. The van der Waals surface area contributed by atoms with E-state index in [1.165, 1.54) is 18.3 Å². The van der Waals surface area contributed by atoms with E-state index in [9.17, 15) is 14.9 Å². The summed E-state index contributed by atoms with van der Waals surface area (Å²) < 4.78 is 10.3. The number of hydrogen-bond donors (Lipinski definition) is 1. The lowest BCUT2D eigenvalue weighted by Crippen LogP contribution is -2.38. The number of nitro groups is 1. The van der Waals surface area contributed by atoms with Crippen molar-refractivity contribution >= 4 is 17.3 Å². The van der Waals surface area contributed by atoms with Crippen LogP contribution in [0.5, 0.6) is 0 Å². The zero-order chi connectivity index (χ0) is 17.8. The van der Waals surface area contributed by atoms with Crippen LogP contribution in [0.2, 0.25) is 0 Å². The Morgan fingerprint density at radius 1 is 1.40 bits per heavy atom.